The number of hydrogen-bond acceptors (Lipinski definition) is 5. The van der Waals surface area contributed by atoms with Gasteiger partial charge in [0.2, 0.25) is 0 Å². The fourth-order valence-corrected chi connectivity index (χ4v) is 2.42. The number of nitriles is 1. The summed E-state index contributed by atoms with van der Waals surface area (Å²) in [4.78, 5) is 0. The van der Waals surface area contributed by atoms with Crippen LogP contribution in [0, 0.1) is 11.3 Å². The Morgan fingerprint density at radius 1 is 1.67 bits per heavy atom. The molecule has 0 bridgehead atoms. The van der Waals surface area contributed by atoms with Crippen molar-refractivity contribution in [2.24, 2.45) is 0 Å². The summed E-state index contributed by atoms with van der Waals surface area (Å²) in [6.07, 6.45) is 2.69. The van der Waals surface area contributed by atoms with E-state index in [-0.39, 0.29) is 5.15 Å². The molecule has 0 atom stereocenters. The van der Waals surface area contributed by atoms with Crippen LogP contribution < -0.4 is 5.32 Å². The molecule has 1 saturated carbocycles. The van der Waals surface area contributed by atoms with Crippen LogP contribution in [0.3, 0.4) is 0 Å². The molecule has 2 N–H and O–H groups in total. The Balaban J connectivity index is 2.02. The van der Waals surface area contributed by atoms with Crippen molar-refractivity contribution in [1.82, 2.24) is 4.37 Å². The van der Waals surface area contributed by atoms with Gasteiger partial charge in [-0.25, -0.2) is 0 Å². The topological polar surface area (TPSA) is 68.9 Å². The first-order chi connectivity index (χ1) is 7.14. The van der Waals surface area contributed by atoms with Crippen LogP contribution in [0.15, 0.2) is 0 Å². The van der Waals surface area contributed by atoms with Crippen molar-refractivity contribution in [3.05, 3.63) is 10.7 Å². The molecule has 80 valence electrons. The van der Waals surface area contributed by atoms with E-state index in [1.165, 1.54) is 0 Å². The smallest absolute Gasteiger partial charge is 0.162 e. The first kappa shape index (κ1) is 10.7. The van der Waals surface area contributed by atoms with Gasteiger partial charge in [-0.05, 0) is 30.8 Å². The minimum atomic E-state index is -0.608. The Morgan fingerprint density at radius 3 is 2.93 bits per heavy atom. The average molecular weight is 244 g/mol. The van der Waals surface area contributed by atoms with Crippen molar-refractivity contribution in [2.75, 3.05) is 11.9 Å². The number of rotatable bonds is 3. The zero-order chi connectivity index (χ0) is 10.9. The highest BCUT2D eigenvalue weighted by atomic mass is 35.5. The van der Waals surface area contributed by atoms with E-state index in [1.54, 1.807) is 0 Å². The van der Waals surface area contributed by atoms with E-state index in [9.17, 15) is 5.11 Å². The maximum absolute atomic E-state index is 9.85. The van der Waals surface area contributed by atoms with E-state index in [4.69, 9.17) is 16.9 Å². The minimum absolute atomic E-state index is 0.227. The number of aromatic nitrogens is 1. The second-order valence-corrected chi connectivity index (χ2v) is 4.85. The third kappa shape index (κ3) is 2.07. The zero-order valence-electron chi connectivity index (χ0n) is 7.96. The Hall–Kier alpha value is -0.830. The van der Waals surface area contributed by atoms with Crippen LogP contribution in [0.2, 0.25) is 5.15 Å². The van der Waals surface area contributed by atoms with E-state index in [0.29, 0.717) is 17.1 Å². The summed E-state index contributed by atoms with van der Waals surface area (Å²) >= 11 is 6.87. The van der Waals surface area contributed by atoms with Gasteiger partial charge >= 0.3 is 0 Å². The third-order valence-electron chi connectivity index (χ3n) is 2.62. The number of nitrogens with one attached hydrogen (secondary N) is 1. The number of nitrogens with zero attached hydrogens (tertiary/aromatic N) is 2. The van der Waals surface area contributed by atoms with Crippen molar-refractivity contribution in [3.8, 4) is 6.07 Å². The third-order valence-corrected chi connectivity index (χ3v) is 3.80. The maximum Gasteiger partial charge on any atom is 0.162 e. The average Bonchev–Trinajstić information content (AvgIpc) is 2.53. The Morgan fingerprint density at radius 2 is 2.40 bits per heavy atom. The fourth-order valence-electron chi connectivity index (χ4n) is 1.49. The van der Waals surface area contributed by atoms with Gasteiger partial charge in [-0.1, -0.05) is 11.6 Å². The first-order valence-corrected chi connectivity index (χ1v) is 5.81. The quantitative estimate of drug-likeness (QED) is 0.852. The van der Waals surface area contributed by atoms with Gasteiger partial charge in [-0.2, -0.15) is 9.64 Å². The van der Waals surface area contributed by atoms with Crippen LogP contribution in [0.5, 0.6) is 0 Å². The van der Waals surface area contributed by atoms with Crippen molar-refractivity contribution in [2.45, 2.75) is 24.9 Å². The lowest BCUT2D eigenvalue weighted by Crippen LogP contribution is -2.43. The lowest BCUT2D eigenvalue weighted by Gasteiger charge is -2.36. The molecule has 0 amide bonds. The molecule has 1 fully saturated rings. The van der Waals surface area contributed by atoms with E-state index < -0.39 is 5.60 Å². The van der Waals surface area contributed by atoms with Gasteiger partial charge in [0, 0.05) is 6.54 Å². The summed E-state index contributed by atoms with van der Waals surface area (Å²) < 4.78 is 3.87. The molecule has 0 aromatic carbocycles. The first-order valence-electron chi connectivity index (χ1n) is 4.66. The molecular formula is C9H10ClN3OS. The van der Waals surface area contributed by atoms with Gasteiger partial charge in [-0.3, -0.25) is 0 Å². The Kier molecular flexibility index (Phi) is 2.83. The van der Waals surface area contributed by atoms with E-state index >= 15 is 0 Å². The summed E-state index contributed by atoms with van der Waals surface area (Å²) in [5.74, 6) is 0. The molecule has 1 heterocycles. The highest BCUT2D eigenvalue weighted by Crippen LogP contribution is 2.33. The van der Waals surface area contributed by atoms with Gasteiger partial charge in [0.25, 0.3) is 0 Å². The molecule has 1 aliphatic carbocycles. The highest BCUT2D eigenvalue weighted by Gasteiger charge is 2.34. The SMILES string of the molecule is N#Cc1c(Cl)nsc1NCC1(O)CCC1. The number of halogens is 1. The lowest BCUT2D eigenvalue weighted by atomic mass is 9.80. The molecule has 0 radical (unpaired) electrons. The van der Waals surface area contributed by atoms with E-state index in [1.807, 2.05) is 6.07 Å². The predicted octanol–water partition coefficient (Wildman–Crippen LogP) is 2.00. The van der Waals surface area contributed by atoms with Crippen LogP contribution in [0.4, 0.5) is 5.00 Å². The molecule has 6 heteroatoms. The number of hydrogen-bond donors (Lipinski definition) is 2. The van der Waals surface area contributed by atoms with Gasteiger partial charge in [0.15, 0.2) is 5.15 Å². The zero-order valence-corrected chi connectivity index (χ0v) is 9.53. The molecule has 15 heavy (non-hydrogen) atoms. The normalized spacial score (nSPS) is 17.9. The van der Waals surface area contributed by atoms with Crippen molar-refractivity contribution < 1.29 is 5.11 Å². The molecule has 0 saturated heterocycles. The second-order valence-electron chi connectivity index (χ2n) is 3.72. The number of anilines is 1. The van der Waals surface area contributed by atoms with E-state index in [0.717, 1.165) is 30.8 Å². The molecule has 0 aliphatic heterocycles. The molecule has 1 aromatic heterocycles. The lowest BCUT2D eigenvalue weighted by molar-refractivity contribution is -0.0201. The molecule has 1 aliphatic rings. The summed E-state index contributed by atoms with van der Waals surface area (Å²) in [6, 6.07) is 1.99. The van der Waals surface area contributed by atoms with Crippen LogP contribution in [-0.4, -0.2) is 21.6 Å². The van der Waals surface area contributed by atoms with Gasteiger partial charge in [0.1, 0.15) is 16.6 Å². The van der Waals surface area contributed by atoms with Crippen molar-refractivity contribution in [1.29, 1.82) is 5.26 Å². The van der Waals surface area contributed by atoms with Crippen LogP contribution in [0.1, 0.15) is 24.8 Å². The second kappa shape index (κ2) is 3.97. The van der Waals surface area contributed by atoms with Crippen LogP contribution >= 0.6 is 23.1 Å². The molecular weight excluding hydrogens is 234 g/mol. The summed E-state index contributed by atoms with van der Waals surface area (Å²) in [5.41, 5.74) is -0.243. The van der Waals surface area contributed by atoms with Crippen molar-refractivity contribution in [3.63, 3.8) is 0 Å². The predicted molar refractivity (Wildman–Crippen MR) is 59.1 cm³/mol. The van der Waals surface area contributed by atoms with Crippen LogP contribution in [0.25, 0.3) is 0 Å². The standard InChI is InChI=1S/C9H10ClN3OS/c10-7-6(4-11)8(15-13-7)12-5-9(14)2-1-3-9/h12,14H,1-3,5H2. The molecule has 1 aromatic rings. The summed E-state index contributed by atoms with van der Waals surface area (Å²) in [7, 11) is 0. The minimum Gasteiger partial charge on any atom is -0.388 e. The molecule has 0 unspecified atom stereocenters. The van der Waals surface area contributed by atoms with Gasteiger partial charge in [0.05, 0.1) is 5.60 Å². The maximum atomic E-state index is 9.85. The highest BCUT2D eigenvalue weighted by molar-refractivity contribution is 7.10. The van der Waals surface area contributed by atoms with Gasteiger partial charge in [-0.15, -0.1) is 0 Å². The Labute approximate surface area is 96.7 Å². The van der Waals surface area contributed by atoms with Crippen molar-refractivity contribution >= 4 is 28.1 Å². The fraction of sp³-hybridized carbons (Fsp3) is 0.556. The van der Waals surface area contributed by atoms with Gasteiger partial charge < -0.3 is 10.4 Å². The summed E-state index contributed by atoms with van der Waals surface area (Å²) in [6.45, 7) is 0.459. The number of aliphatic hydroxyl groups is 1. The Bertz CT molecular complexity index is 408. The monoisotopic (exact) mass is 243 g/mol. The molecule has 0 spiro atoms. The van der Waals surface area contributed by atoms with E-state index in [2.05, 4.69) is 9.69 Å². The van der Waals surface area contributed by atoms with Crippen LogP contribution in [-0.2, 0) is 0 Å². The largest absolute Gasteiger partial charge is 0.388 e. The molecule has 4 nitrogen and oxygen atoms in total. The summed E-state index contributed by atoms with van der Waals surface area (Å²) in [5, 5.41) is 22.6. The molecule has 2 rings (SSSR count).